The van der Waals surface area contributed by atoms with E-state index in [1.54, 1.807) is 31.2 Å². The summed E-state index contributed by atoms with van der Waals surface area (Å²) in [5.41, 5.74) is 3.09. The second-order valence-corrected chi connectivity index (χ2v) is 8.75. The van der Waals surface area contributed by atoms with E-state index in [9.17, 15) is 9.59 Å². The number of hydrogen-bond acceptors (Lipinski definition) is 5. The fourth-order valence-corrected chi connectivity index (χ4v) is 4.71. The van der Waals surface area contributed by atoms with Gasteiger partial charge < -0.3 is 19.7 Å². The molecule has 0 aliphatic carbocycles. The molecule has 0 atom stereocenters. The first-order chi connectivity index (χ1) is 16.5. The predicted molar refractivity (Wildman–Crippen MR) is 135 cm³/mol. The van der Waals surface area contributed by atoms with Crippen LogP contribution in [0.25, 0.3) is 6.08 Å². The Morgan fingerprint density at radius 1 is 1.06 bits per heavy atom. The van der Waals surface area contributed by atoms with Crippen LogP contribution >= 0.6 is 11.8 Å². The molecule has 0 spiro atoms. The van der Waals surface area contributed by atoms with Crippen LogP contribution in [0.1, 0.15) is 28.4 Å². The lowest BCUT2D eigenvalue weighted by molar-refractivity contribution is -0.114. The summed E-state index contributed by atoms with van der Waals surface area (Å²) in [7, 11) is 3.31. The smallest absolute Gasteiger partial charge is 0.264 e. The van der Waals surface area contributed by atoms with Crippen molar-refractivity contribution in [3.8, 4) is 11.5 Å². The van der Waals surface area contributed by atoms with Gasteiger partial charge in [0.15, 0.2) is 11.5 Å². The molecule has 4 rings (SSSR count). The van der Waals surface area contributed by atoms with Gasteiger partial charge in [-0.3, -0.25) is 9.59 Å². The van der Waals surface area contributed by atoms with Gasteiger partial charge in [-0.05, 0) is 54.5 Å². The van der Waals surface area contributed by atoms with Gasteiger partial charge >= 0.3 is 0 Å². The van der Waals surface area contributed by atoms with Gasteiger partial charge in [-0.25, -0.2) is 0 Å². The van der Waals surface area contributed by atoms with Crippen molar-refractivity contribution in [2.75, 3.05) is 25.7 Å². The van der Waals surface area contributed by atoms with Crippen LogP contribution in [0, 0.1) is 0 Å². The molecule has 174 valence electrons. The van der Waals surface area contributed by atoms with Crippen LogP contribution in [-0.2, 0) is 11.3 Å². The van der Waals surface area contributed by atoms with Crippen LogP contribution in [0.4, 0.5) is 5.69 Å². The van der Waals surface area contributed by atoms with Gasteiger partial charge in [-0.2, -0.15) is 0 Å². The Morgan fingerprint density at radius 2 is 1.85 bits per heavy atom. The Labute approximate surface area is 203 Å². The zero-order valence-corrected chi connectivity index (χ0v) is 20.1. The molecule has 34 heavy (non-hydrogen) atoms. The zero-order valence-electron chi connectivity index (χ0n) is 19.3. The second-order valence-electron chi connectivity index (χ2n) is 7.67. The van der Waals surface area contributed by atoms with Crippen LogP contribution in [-0.4, -0.2) is 32.6 Å². The van der Waals surface area contributed by atoms with E-state index in [0.717, 1.165) is 16.0 Å². The first-order valence-electron chi connectivity index (χ1n) is 10.9. The Hall–Kier alpha value is -3.71. The SMILES string of the molecule is CCOc1ccc(C=C2Sc3ccc(C(=O)NCc4ccccc4)cc3N(C)C2=O)cc1OC. The number of fused-ring (bicyclic) bond motifs is 1. The summed E-state index contributed by atoms with van der Waals surface area (Å²) in [6, 6.07) is 20.7. The molecule has 3 aromatic carbocycles. The number of benzene rings is 3. The van der Waals surface area contributed by atoms with Crippen molar-refractivity contribution in [3.63, 3.8) is 0 Å². The van der Waals surface area contributed by atoms with Gasteiger partial charge in [0.25, 0.3) is 11.8 Å². The molecule has 0 aromatic heterocycles. The molecule has 2 amide bonds. The lowest BCUT2D eigenvalue weighted by atomic mass is 10.1. The number of nitrogens with one attached hydrogen (secondary N) is 1. The number of anilines is 1. The van der Waals surface area contributed by atoms with Crippen molar-refractivity contribution >= 4 is 35.3 Å². The highest BCUT2D eigenvalue weighted by molar-refractivity contribution is 8.04. The quantitative estimate of drug-likeness (QED) is 0.481. The Morgan fingerprint density at radius 3 is 2.59 bits per heavy atom. The molecule has 0 saturated heterocycles. The standard InChI is InChI=1S/C27H26N2O4S/c1-4-33-22-12-10-19(14-23(22)32-3)15-25-27(31)29(2)21-16-20(11-13-24(21)34-25)26(30)28-17-18-8-6-5-7-9-18/h5-16H,4,17H2,1-3H3,(H,28,30). The predicted octanol–water partition coefficient (Wildman–Crippen LogP) is 5.13. The molecule has 7 heteroatoms. The first kappa shape index (κ1) is 23.4. The van der Waals surface area contributed by atoms with E-state index in [2.05, 4.69) is 5.32 Å². The zero-order chi connectivity index (χ0) is 24.1. The number of amides is 2. The minimum absolute atomic E-state index is 0.132. The van der Waals surface area contributed by atoms with Gasteiger partial charge in [-0.1, -0.05) is 48.2 Å². The Kier molecular flexibility index (Phi) is 7.23. The molecule has 0 bridgehead atoms. The molecule has 0 saturated carbocycles. The molecule has 3 aromatic rings. The van der Waals surface area contributed by atoms with Gasteiger partial charge in [0.1, 0.15) is 0 Å². The average Bonchev–Trinajstić information content (AvgIpc) is 2.87. The fourth-order valence-electron chi connectivity index (χ4n) is 3.62. The van der Waals surface area contributed by atoms with Crippen LogP contribution < -0.4 is 19.7 Å². The maximum absolute atomic E-state index is 13.1. The number of carbonyl (C=O) groups excluding carboxylic acids is 2. The molecule has 0 fully saturated rings. The van der Waals surface area contributed by atoms with Crippen LogP contribution in [0.2, 0.25) is 0 Å². The van der Waals surface area contributed by atoms with Crippen LogP contribution in [0.5, 0.6) is 11.5 Å². The molecule has 1 aliphatic rings. The number of likely N-dealkylation sites (N-methyl/N-ethyl adjacent to an activating group) is 1. The first-order valence-corrected chi connectivity index (χ1v) is 11.8. The highest BCUT2D eigenvalue weighted by atomic mass is 32.2. The van der Waals surface area contributed by atoms with Crippen LogP contribution in [0.3, 0.4) is 0 Å². The lowest BCUT2D eigenvalue weighted by Crippen LogP contribution is -2.31. The summed E-state index contributed by atoms with van der Waals surface area (Å²) in [4.78, 5) is 28.8. The summed E-state index contributed by atoms with van der Waals surface area (Å²) < 4.78 is 11.0. The lowest BCUT2D eigenvalue weighted by Gasteiger charge is -2.27. The van der Waals surface area contributed by atoms with Crippen LogP contribution in [0.15, 0.2) is 76.5 Å². The van der Waals surface area contributed by atoms with Gasteiger partial charge in [0, 0.05) is 24.1 Å². The number of nitrogens with zero attached hydrogens (tertiary/aromatic N) is 1. The maximum atomic E-state index is 13.1. The fraction of sp³-hybridized carbons (Fsp3) is 0.185. The van der Waals surface area contributed by atoms with Crippen molar-refractivity contribution in [2.24, 2.45) is 0 Å². The van der Waals surface area contributed by atoms with E-state index < -0.39 is 0 Å². The van der Waals surface area contributed by atoms with Gasteiger partial charge in [0.05, 0.1) is 24.3 Å². The molecule has 0 unspecified atom stereocenters. The molecule has 1 N–H and O–H groups in total. The Balaban J connectivity index is 1.54. The van der Waals surface area contributed by atoms with Crippen molar-refractivity contribution in [1.29, 1.82) is 0 Å². The summed E-state index contributed by atoms with van der Waals surface area (Å²) in [6.07, 6.45) is 1.84. The number of thioether (sulfide) groups is 1. The van der Waals surface area contributed by atoms with E-state index in [-0.39, 0.29) is 11.8 Å². The number of methoxy groups -OCH3 is 1. The monoisotopic (exact) mass is 474 g/mol. The molecular formula is C27H26N2O4S. The van der Waals surface area contributed by atoms with Crippen molar-refractivity contribution < 1.29 is 19.1 Å². The van der Waals surface area contributed by atoms with Gasteiger partial charge in [0.2, 0.25) is 0 Å². The highest BCUT2D eigenvalue weighted by Gasteiger charge is 2.27. The van der Waals surface area contributed by atoms with Crippen molar-refractivity contribution in [2.45, 2.75) is 18.4 Å². The number of rotatable bonds is 7. The van der Waals surface area contributed by atoms with Crippen molar-refractivity contribution in [3.05, 3.63) is 88.3 Å². The normalized spacial score (nSPS) is 14.0. The van der Waals surface area contributed by atoms with Crippen molar-refractivity contribution in [1.82, 2.24) is 5.32 Å². The molecule has 0 radical (unpaired) electrons. The molecule has 1 heterocycles. The minimum Gasteiger partial charge on any atom is -0.493 e. The molecule has 6 nitrogen and oxygen atoms in total. The van der Waals surface area contributed by atoms with E-state index in [1.807, 2.05) is 67.6 Å². The highest BCUT2D eigenvalue weighted by Crippen LogP contribution is 2.42. The minimum atomic E-state index is -0.180. The summed E-state index contributed by atoms with van der Waals surface area (Å²) in [5.74, 6) is 0.965. The third kappa shape index (κ3) is 5.10. The summed E-state index contributed by atoms with van der Waals surface area (Å²) >= 11 is 1.39. The third-order valence-corrected chi connectivity index (χ3v) is 6.48. The Bertz CT molecular complexity index is 1240. The largest absolute Gasteiger partial charge is 0.493 e. The van der Waals surface area contributed by atoms with E-state index >= 15 is 0 Å². The van der Waals surface area contributed by atoms with E-state index in [4.69, 9.17) is 9.47 Å². The van der Waals surface area contributed by atoms with Gasteiger partial charge in [-0.15, -0.1) is 0 Å². The van der Waals surface area contributed by atoms with E-state index in [0.29, 0.717) is 40.8 Å². The summed E-state index contributed by atoms with van der Waals surface area (Å²) in [6.45, 7) is 2.90. The molecule has 1 aliphatic heterocycles. The number of ether oxygens (including phenoxy) is 2. The summed E-state index contributed by atoms with van der Waals surface area (Å²) in [5, 5.41) is 2.93. The number of carbonyl (C=O) groups is 2. The second kappa shape index (κ2) is 10.5. The third-order valence-electron chi connectivity index (χ3n) is 5.40. The van der Waals surface area contributed by atoms with E-state index in [1.165, 1.54) is 11.8 Å². The maximum Gasteiger partial charge on any atom is 0.264 e. The average molecular weight is 475 g/mol. The molecular weight excluding hydrogens is 448 g/mol. The number of hydrogen-bond donors (Lipinski definition) is 1. The topological polar surface area (TPSA) is 67.9 Å².